The third kappa shape index (κ3) is 10.9. The van der Waals surface area contributed by atoms with Crippen LogP contribution in [0.3, 0.4) is 0 Å². The first-order valence-electron chi connectivity index (χ1n) is 16.8. The number of carboxylic acids is 2. The summed E-state index contributed by atoms with van der Waals surface area (Å²) in [5.74, 6) is -2.29. The van der Waals surface area contributed by atoms with Crippen LogP contribution >= 0.6 is 23.2 Å². The number of nitrogens with one attached hydrogen (secondary N) is 2. The van der Waals surface area contributed by atoms with Crippen LogP contribution in [0.1, 0.15) is 90.6 Å². The Morgan fingerprint density at radius 3 is 2.05 bits per heavy atom. The second-order valence-electron chi connectivity index (χ2n) is 12.7. The van der Waals surface area contributed by atoms with Crippen molar-refractivity contribution < 1.29 is 43.9 Å². The van der Waals surface area contributed by atoms with Crippen LogP contribution in [-0.2, 0) is 16.1 Å². The summed E-state index contributed by atoms with van der Waals surface area (Å²) >= 11 is 11.4. The van der Waals surface area contributed by atoms with Crippen molar-refractivity contribution in [3.05, 3.63) is 94.2 Å². The molecule has 298 valence electrons. The molecule has 1 aliphatic rings. The molecule has 2 aromatic carbocycles. The van der Waals surface area contributed by atoms with Gasteiger partial charge in [-0.2, -0.15) is 0 Å². The summed E-state index contributed by atoms with van der Waals surface area (Å²) in [5.41, 5.74) is 0.307. The number of amides is 1. The summed E-state index contributed by atoms with van der Waals surface area (Å²) in [6.45, 7) is 12.9. The van der Waals surface area contributed by atoms with Crippen molar-refractivity contribution in [1.29, 1.82) is 0 Å². The van der Waals surface area contributed by atoms with Crippen LogP contribution in [0.5, 0.6) is 5.75 Å². The minimum atomic E-state index is -1.16. The van der Waals surface area contributed by atoms with E-state index >= 15 is 0 Å². The molecule has 1 unspecified atom stereocenters. The normalized spacial score (nSPS) is 14.6. The number of amidine groups is 1. The lowest BCUT2D eigenvalue weighted by atomic mass is 9.89. The number of carbonyl (C=O) groups excluding carboxylic acids is 1. The first-order valence-corrected chi connectivity index (χ1v) is 17.5. The molecule has 0 radical (unpaired) electrons. The minimum Gasteiger partial charge on any atom is -0.494 e. The summed E-state index contributed by atoms with van der Waals surface area (Å²) in [4.78, 5) is 64.2. The van der Waals surface area contributed by atoms with Crippen LogP contribution in [0, 0.1) is 40.0 Å². The number of halogens is 2. The van der Waals surface area contributed by atoms with Gasteiger partial charge >= 0.3 is 17.6 Å². The number of pyridine rings is 1. The average Bonchev–Trinajstić information content (AvgIpc) is 3.44. The number of ether oxygens (including phenoxy) is 2. The molecule has 0 saturated heterocycles. The van der Waals surface area contributed by atoms with Crippen LogP contribution in [0.2, 0.25) is 10.0 Å². The molecule has 0 fully saturated rings. The van der Waals surface area contributed by atoms with Gasteiger partial charge in [-0.3, -0.25) is 30.0 Å². The molecular weight excluding hydrogens is 763 g/mol. The molecule has 0 aliphatic carbocycles. The molecule has 1 aromatic heterocycles. The van der Waals surface area contributed by atoms with E-state index in [4.69, 9.17) is 37.8 Å². The van der Waals surface area contributed by atoms with Crippen molar-refractivity contribution in [1.82, 2.24) is 10.3 Å². The number of aromatic nitrogens is 1. The fraction of sp³-hybridized carbons (Fsp3) is 0.417. The van der Waals surface area contributed by atoms with Gasteiger partial charge in [0.15, 0.2) is 17.3 Å². The van der Waals surface area contributed by atoms with Gasteiger partial charge in [0.25, 0.3) is 11.6 Å². The number of nitro benzene ring substituents is 2. The molecule has 55 heavy (non-hydrogen) atoms. The van der Waals surface area contributed by atoms with Crippen LogP contribution in [0.25, 0.3) is 0 Å². The zero-order valence-electron chi connectivity index (χ0n) is 31.8. The number of carboxylic acid groups (broad SMARTS) is 2. The smallest absolute Gasteiger partial charge is 0.341 e. The summed E-state index contributed by atoms with van der Waals surface area (Å²) in [7, 11) is 2.85. The molecule has 1 aliphatic heterocycles. The van der Waals surface area contributed by atoms with Gasteiger partial charge in [-0.1, -0.05) is 50.9 Å². The van der Waals surface area contributed by atoms with Gasteiger partial charge in [-0.15, -0.1) is 0 Å². The maximum absolute atomic E-state index is 12.2. The number of hydrogen-bond acceptors (Lipinski definition) is 12. The molecule has 0 saturated carbocycles. The van der Waals surface area contributed by atoms with E-state index in [0.717, 1.165) is 12.8 Å². The van der Waals surface area contributed by atoms with Gasteiger partial charge < -0.3 is 30.3 Å². The Bertz CT molecular complexity index is 1990. The molecule has 1 amide bonds. The summed E-state index contributed by atoms with van der Waals surface area (Å²) in [6.07, 6.45) is 2.99. The number of nitro groups is 2. The van der Waals surface area contributed by atoms with Gasteiger partial charge in [0.2, 0.25) is 0 Å². The molecule has 2 heterocycles. The Kier molecular flexibility index (Phi) is 16.5. The van der Waals surface area contributed by atoms with Gasteiger partial charge in [0, 0.05) is 31.0 Å². The molecule has 19 heteroatoms. The molecule has 1 atom stereocenters. The number of rotatable bonds is 13. The Labute approximate surface area is 327 Å². The lowest BCUT2D eigenvalue weighted by Crippen LogP contribution is -2.41. The molecule has 17 nitrogen and oxygen atoms in total. The van der Waals surface area contributed by atoms with E-state index < -0.39 is 27.3 Å². The van der Waals surface area contributed by atoms with Crippen LogP contribution in [-0.4, -0.2) is 74.5 Å². The second kappa shape index (κ2) is 19.8. The summed E-state index contributed by atoms with van der Waals surface area (Å²) in [5, 5.41) is 46.5. The quantitative estimate of drug-likeness (QED) is 0.0959. The Morgan fingerprint density at radius 2 is 1.62 bits per heavy atom. The second-order valence-corrected chi connectivity index (χ2v) is 13.5. The maximum atomic E-state index is 12.2. The zero-order valence-corrected chi connectivity index (χ0v) is 33.3. The van der Waals surface area contributed by atoms with Crippen molar-refractivity contribution in [3.8, 4) is 5.75 Å². The van der Waals surface area contributed by atoms with Gasteiger partial charge in [0.1, 0.15) is 16.8 Å². The Morgan fingerprint density at radius 1 is 1.02 bits per heavy atom. The number of carbonyl (C=O) groups is 3. The van der Waals surface area contributed by atoms with E-state index in [9.17, 15) is 39.7 Å². The predicted molar refractivity (Wildman–Crippen MR) is 207 cm³/mol. The summed E-state index contributed by atoms with van der Waals surface area (Å²) < 4.78 is 9.80. The highest BCUT2D eigenvalue weighted by Crippen LogP contribution is 2.40. The van der Waals surface area contributed by atoms with Gasteiger partial charge in [-0.25, -0.2) is 14.6 Å². The van der Waals surface area contributed by atoms with E-state index in [0.29, 0.717) is 16.7 Å². The average molecular weight is 808 g/mol. The maximum Gasteiger partial charge on any atom is 0.341 e. The van der Waals surface area contributed by atoms with E-state index in [1.807, 2.05) is 27.7 Å². The molecule has 4 N–H and O–H groups in total. The molecular formula is C36H44Cl2N6O11. The van der Waals surface area contributed by atoms with E-state index in [1.165, 1.54) is 44.7 Å². The van der Waals surface area contributed by atoms with E-state index in [2.05, 4.69) is 20.6 Å². The van der Waals surface area contributed by atoms with Crippen molar-refractivity contribution in [2.75, 3.05) is 19.5 Å². The highest BCUT2D eigenvalue weighted by molar-refractivity contribution is 6.37. The Balaban J connectivity index is 0.000000295. The third-order valence-electron chi connectivity index (χ3n) is 8.85. The monoisotopic (exact) mass is 806 g/mol. The predicted octanol–water partition coefficient (Wildman–Crippen LogP) is 7.64. The lowest BCUT2D eigenvalue weighted by Gasteiger charge is -2.21. The number of aryl methyl sites for hydroxylation is 1. The minimum absolute atomic E-state index is 0.0109. The summed E-state index contributed by atoms with van der Waals surface area (Å²) in [6, 6.07) is 5.72. The van der Waals surface area contributed by atoms with Crippen molar-refractivity contribution in [2.24, 2.45) is 10.9 Å². The molecule has 0 bridgehead atoms. The molecule has 3 aromatic rings. The number of methoxy groups -OCH3 is 2. The number of anilines is 1. The van der Waals surface area contributed by atoms with Crippen LogP contribution in [0.15, 0.2) is 35.5 Å². The van der Waals surface area contributed by atoms with Crippen molar-refractivity contribution in [2.45, 2.75) is 79.5 Å². The highest BCUT2D eigenvalue weighted by Gasteiger charge is 2.43. The van der Waals surface area contributed by atoms with Crippen molar-refractivity contribution in [3.63, 3.8) is 0 Å². The lowest BCUT2D eigenvalue weighted by molar-refractivity contribution is -0.392. The largest absolute Gasteiger partial charge is 0.494 e. The number of nitrogens with zero attached hydrogens (tertiary/aromatic N) is 4. The van der Waals surface area contributed by atoms with Gasteiger partial charge in [0.05, 0.1) is 39.2 Å². The van der Waals surface area contributed by atoms with E-state index in [1.54, 1.807) is 20.8 Å². The SMILES string of the molecule is CCC(CC)Nc1c([N+](=O)[O-])cc(C)c(C)c1[N+](=O)[O-].COCc1cnc(C2=NC(C)(C(C)C)C(=O)N2)c(C(=O)O)c1.COc1c(Cl)ccc(Cl)c1C(=O)O. The topological polar surface area (TPSA) is 246 Å². The number of benzene rings is 2. The van der Waals surface area contributed by atoms with Crippen LogP contribution in [0.4, 0.5) is 17.1 Å². The number of aromatic carboxylic acids is 2. The van der Waals surface area contributed by atoms with Gasteiger partial charge in [-0.05, 0) is 68.9 Å². The standard InChI is InChI=1S/C15H19N3O4.C13H19N3O4.C8H6Cl2O3/c1-8(2)15(3)14(21)17-12(18-15)11-10(13(19)20)5-9(6-16-11)7-22-4;1-5-10(6-2)14-12-11(15(17)18)7-8(3)9(4)13(12)16(19)20;1-13-7-5(10)3-2-4(9)6(7)8(11)12/h5-6,8H,7H2,1-4H3,(H,19,20)(H,17,18,21);7,10,14H,5-6H2,1-4H3;2-3H,1H3,(H,11,12). The fourth-order valence-electron chi connectivity index (χ4n) is 5.18. The zero-order chi connectivity index (χ0) is 41.9. The van der Waals surface area contributed by atoms with E-state index in [-0.39, 0.29) is 80.0 Å². The Hall–Kier alpha value is -5.39. The number of aliphatic imine (C=N–C) groups is 1. The van der Waals surface area contributed by atoms with Crippen molar-refractivity contribution >= 4 is 63.9 Å². The molecule has 0 spiro atoms. The highest BCUT2D eigenvalue weighted by atomic mass is 35.5. The van der Waals surface area contributed by atoms with Crippen LogP contribution < -0.4 is 15.4 Å². The fourth-order valence-corrected chi connectivity index (χ4v) is 5.64. The number of hydrogen-bond donors (Lipinski definition) is 4. The first-order chi connectivity index (χ1) is 25.7. The first kappa shape index (κ1) is 45.8. The third-order valence-corrected chi connectivity index (χ3v) is 9.47. The molecule has 4 rings (SSSR count).